The molecule has 0 radical (unpaired) electrons. The molecule has 3 aromatic rings. The van der Waals surface area contributed by atoms with Gasteiger partial charge in [-0.05, 0) is 38.8 Å². The SMILES string of the molecule is Cc1nn(C)c(C)c1C1CCCN1c1ccc(C(=O)c2ccccc2)cc1[N+](=O)[O-]. The van der Waals surface area contributed by atoms with Crippen LogP contribution < -0.4 is 4.90 Å². The monoisotopic (exact) mass is 404 g/mol. The fourth-order valence-corrected chi connectivity index (χ4v) is 4.44. The molecule has 4 rings (SSSR count). The zero-order valence-corrected chi connectivity index (χ0v) is 17.3. The Balaban J connectivity index is 1.75. The first-order chi connectivity index (χ1) is 14.4. The number of nitro benzene ring substituents is 1. The summed E-state index contributed by atoms with van der Waals surface area (Å²) in [5.74, 6) is -0.220. The van der Waals surface area contributed by atoms with Crippen molar-refractivity contribution >= 4 is 17.2 Å². The van der Waals surface area contributed by atoms with E-state index in [0.717, 1.165) is 36.3 Å². The van der Waals surface area contributed by atoms with Gasteiger partial charge in [-0.3, -0.25) is 19.6 Å². The van der Waals surface area contributed by atoms with Crippen LogP contribution >= 0.6 is 0 Å². The second-order valence-corrected chi connectivity index (χ2v) is 7.72. The molecule has 1 aromatic heterocycles. The lowest BCUT2D eigenvalue weighted by Gasteiger charge is -2.27. The van der Waals surface area contributed by atoms with E-state index < -0.39 is 4.92 Å². The Labute approximate surface area is 175 Å². The quantitative estimate of drug-likeness (QED) is 0.355. The van der Waals surface area contributed by atoms with Gasteiger partial charge in [-0.2, -0.15) is 5.10 Å². The number of carbonyl (C=O) groups excluding carboxylic acids is 1. The van der Waals surface area contributed by atoms with E-state index in [1.807, 2.05) is 31.6 Å². The molecule has 1 unspecified atom stereocenters. The van der Waals surface area contributed by atoms with Gasteiger partial charge in [0.1, 0.15) is 5.69 Å². The number of aryl methyl sites for hydroxylation is 2. The normalized spacial score (nSPS) is 16.1. The molecule has 1 atom stereocenters. The predicted octanol–water partition coefficient (Wildman–Crippen LogP) is 4.52. The van der Waals surface area contributed by atoms with Crippen molar-refractivity contribution in [2.24, 2.45) is 7.05 Å². The van der Waals surface area contributed by atoms with Gasteiger partial charge in [-0.15, -0.1) is 0 Å². The van der Waals surface area contributed by atoms with E-state index in [-0.39, 0.29) is 17.5 Å². The van der Waals surface area contributed by atoms with Crippen LogP contribution in [-0.4, -0.2) is 27.0 Å². The Morgan fingerprint density at radius 1 is 1.13 bits per heavy atom. The lowest BCUT2D eigenvalue weighted by Crippen LogP contribution is -2.24. The Morgan fingerprint density at radius 3 is 2.50 bits per heavy atom. The zero-order valence-electron chi connectivity index (χ0n) is 17.3. The van der Waals surface area contributed by atoms with Crippen LogP contribution in [-0.2, 0) is 7.05 Å². The van der Waals surface area contributed by atoms with Crippen LogP contribution in [0.3, 0.4) is 0 Å². The van der Waals surface area contributed by atoms with Crippen molar-refractivity contribution in [2.45, 2.75) is 32.7 Å². The smallest absolute Gasteiger partial charge is 0.293 e. The number of rotatable bonds is 5. The first kappa shape index (κ1) is 19.8. The van der Waals surface area contributed by atoms with Crippen molar-refractivity contribution in [1.29, 1.82) is 0 Å². The van der Waals surface area contributed by atoms with Crippen molar-refractivity contribution in [1.82, 2.24) is 9.78 Å². The van der Waals surface area contributed by atoms with Crippen molar-refractivity contribution in [3.8, 4) is 0 Å². The molecule has 0 saturated carbocycles. The van der Waals surface area contributed by atoms with Crippen molar-refractivity contribution in [3.63, 3.8) is 0 Å². The van der Waals surface area contributed by atoms with Gasteiger partial charge >= 0.3 is 0 Å². The van der Waals surface area contributed by atoms with Crippen LogP contribution in [0.15, 0.2) is 48.5 Å². The maximum atomic E-state index is 12.8. The van der Waals surface area contributed by atoms with E-state index in [9.17, 15) is 14.9 Å². The summed E-state index contributed by atoms with van der Waals surface area (Å²) in [6, 6.07) is 13.7. The second kappa shape index (κ2) is 7.74. The van der Waals surface area contributed by atoms with Crippen LogP contribution in [0.1, 0.15) is 51.8 Å². The molecule has 1 fully saturated rings. The van der Waals surface area contributed by atoms with E-state index in [0.29, 0.717) is 16.8 Å². The minimum absolute atomic E-state index is 0.0353. The number of carbonyl (C=O) groups is 1. The maximum absolute atomic E-state index is 12.8. The van der Waals surface area contributed by atoms with Gasteiger partial charge in [0.2, 0.25) is 0 Å². The molecule has 0 bridgehead atoms. The average Bonchev–Trinajstić information content (AvgIpc) is 3.31. The summed E-state index contributed by atoms with van der Waals surface area (Å²) >= 11 is 0. The Kier molecular flexibility index (Phi) is 5.11. The highest BCUT2D eigenvalue weighted by molar-refractivity contribution is 6.09. The molecule has 1 aliphatic heterocycles. The number of anilines is 1. The molecular formula is C23H24N4O3. The number of benzene rings is 2. The van der Waals surface area contributed by atoms with Gasteiger partial charge in [0.15, 0.2) is 5.78 Å². The van der Waals surface area contributed by atoms with Crippen LogP contribution in [0.2, 0.25) is 0 Å². The average molecular weight is 404 g/mol. The molecule has 154 valence electrons. The van der Waals surface area contributed by atoms with Gasteiger partial charge in [-0.1, -0.05) is 30.3 Å². The third-order valence-corrected chi connectivity index (χ3v) is 5.93. The van der Waals surface area contributed by atoms with Gasteiger partial charge in [-0.25, -0.2) is 0 Å². The summed E-state index contributed by atoms with van der Waals surface area (Å²) in [4.78, 5) is 26.4. The molecule has 7 nitrogen and oxygen atoms in total. The molecule has 0 spiro atoms. The summed E-state index contributed by atoms with van der Waals surface area (Å²) in [6.07, 6.45) is 1.86. The first-order valence-corrected chi connectivity index (χ1v) is 10.0. The van der Waals surface area contributed by atoms with Crippen LogP contribution in [0, 0.1) is 24.0 Å². The van der Waals surface area contributed by atoms with E-state index in [1.54, 1.807) is 36.4 Å². The molecule has 0 amide bonds. The molecule has 2 aromatic carbocycles. The zero-order chi connectivity index (χ0) is 21.4. The highest BCUT2D eigenvalue weighted by Crippen LogP contribution is 2.42. The van der Waals surface area contributed by atoms with E-state index in [2.05, 4.69) is 10.00 Å². The second-order valence-electron chi connectivity index (χ2n) is 7.72. The molecule has 2 heterocycles. The van der Waals surface area contributed by atoms with Crippen molar-refractivity contribution < 1.29 is 9.72 Å². The highest BCUT2D eigenvalue weighted by Gasteiger charge is 2.34. The van der Waals surface area contributed by atoms with Gasteiger partial charge in [0.25, 0.3) is 5.69 Å². The molecule has 0 N–H and O–H groups in total. The number of ketones is 1. The van der Waals surface area contributed by atoms with Crippen molar-refractivity contribution in [2.75, 3.05) is 11.4 Å². The highest BCUT2D eigenvalue weighted by atomic mass is 16.6. The fraction of sp³-hybridized carbons (Fsp3) is 0.304. The summed E-state index contributed by atoms with van der Waals surface area (Å²) in [5.41, 5.74) is 4.50. The molecule has 7 heteroatoms. The van der Waals surface area contributed by atoms with E-state index in [4.69, 9.17) is 0 Å². The van der Waals surface area contributed by atoms with Crippen LogP contribution in [0.25, 0.3) is 0 Å². The summed E-state index contributed by atoms with van der Waals surface area (Å²) in [6.45, 7) is 4.74. The third kappa shape index (κ3) is 3.36. The molecule has 1 aliphatic rings. The predicted molar refractivity (Wildman–Crippen MR) is 115 cm³/mol. The summed E-state index contributed by atoms with van der Waals surface area (Å²) in [5, 5.41) is 16.4. The van der Waals surface area contributed by atoms with Gasteiger partial charge in [0, 0.05) is 42.0 Å². The van der Waals surface area contributed by atoms with Gasteiger partial charge < -0.3 is 4.90 Å². The Hall–Kier alpha value is -3.48. The Morgan fingerprint density at radius 2 is 1.87 bits per heavy atom. The lowest BCUT2D eigenvalue weighted by atomic mass is 10.00. The number of aromatic nitrogens is 2. The summed E-state index contributed by atoms with van der Waals surface area (Å²) < 4.78 is 1.86. The van der Waals surface area contributed by atoms with Crippen LogP contribution in [0.4, 0.5) is 11.4 Å². The third-order valence-electron chi connectivity index (χ3n) is 5.93. The van der Waals surface area contributed by atoms with Gasteiger partial charge in [0.05, 0.1) is 16.7 Å². The molecule has 30 heavy (non-hydrogen) atoms. The number of hydrogen-bond donors (Lipinski definition) is 0. The largest absolute Gasteiger partial charge is 0.359 e. The fourth-order valence-electron chi connectivity index (χ4n) is 4.44. The minimum Gasteiger partial charge on any atom is -0.359 e. The van der Waals surface area contributed by atoms with Crippen LogP contribution in [0.5, 0.6) is 0 Å². The maximum Gasteiger partial charge on any atom is 0.293 e. The van der Waals surface area contributed by atoms with Crippen molar-refractivity contribution in [3.05, 3.63) is 86.7 Å². The number of nitrogens with zero attached hydrogens (tertiary/aromatic N) is 4. The summed E-state index contributed by atoms with van der Waals surface area (Å²) in [7, 11) is 1.91. The van der Waals surface area contributed by atoms with E-state index in [1.165, 1.54) is 6.07 Å². The first-order valence-electron chi connectivity index (χ1n) is 10.0. The minimum atomic E-state index is -0.393. The molecule has 1 saturated heterocycles. The molecule has 0 aliphatic carbocycles. The number of nitro groups is 1. The lowest BCUT2D eigenvalue weighted by molar-refractivity contribution is -0.384. The topological polar surface area (TPSA) is 81.3 Å². The number of hydrogen-bond acceptors (Lipinski definition) is 5. The molecular weight excluding hydrogens is 380 g/mol. The van der Waals surface area contributed by atoms with E-state index >= 15 is 0 Å². The standard InChI is InChI=1S/C23H24N4O3/c1-15-22(16(2)25(3)24-15)20-10-7-13-26(20)19-12-11-18(14-21(19)27(29)30)23(28)17-8-5-4-6-9-17/h4-6,8-9,11-12,14,20H,7,10,13H2,1-3H3. The Bertz CT molecular complexity index is 1120.